The lowest BCUT2D eigenvalue weighted by atomic mass is 9.85. The molecule has 0 saturated carbocycles. The first-order valence-corrected chi connectivity index (χ1v) is 8.68. The van der Waals surface area contributed by atoms with Crippen LogP contribution in [0, 0.1) is 11.3 Å². The van der Waals surface area contributed by atoms with Crippen molar-refractivity contribution in [1.29, 1.82) is 0 Å². The topological polar surface area (TPSA) is 27.7 Å². The van der Waals surface area contributed by atoms with Gasteiger partial charge in [-0.1, -0.05) is 13.8 Å². The predicted molar refractivity (Wildman–Crippen MR) is 88.7 cm³/mol. The molecule has 2 atom stereocenters. The predicted octanol–water partition coefficient (Wildman–Crippen LogP) is 1.66. The van der Waals surface area contributed by atoms with E-state index < -0.39 is 0 Å². The van der Waals surface area contributed by atoms with Crippen LogP contribution in [0.25, 0.3) is 0 Å². The first kappa shape index (κ1) is 17.2. The second-order valence-corrected chi connectivity index (χ2v) is 7.82. The van der Waals surface area contributed by atoms with Crippen molar-refractivity contribution in [3.8, 4) is 0 Å². The lowest BCUT2D eigenvalue weighted by molar-refractivity contribution is 0.0705. The highest BCUT2D eigenvalue weighted by molar-refractivity contribution is 4.90. The summed E-state index contributed by atoms with van der Waals surface area (Å²) in [6.45, 7) is 12.3. The van der Waals surface area contributed by atoms with Gasteiger partial charge in [0.05, 0.1) is 6.61 Å². The van der Waals surface area contributed by atoms with Crippen LogP contribution in [-0.2, 0) is 4.74 Å². The number of piperidine rings is 1. The van der Waals surface area contributed by atoms with Crippen LogP contribution in [0.4, 0.5) is 0 Å². The first-order chi connectivity index (χ1) is 10.0. The van der Waals surface area contributed by atoms with Crippen LogP contribution in [0.2, 0.25) is 0 Å². The average molecular weight is 297 g/mol. The van der Waals surface area contributed by atoms with E-state index in [4.69, 9.17) is 4.74 Å². The number of rotatable bonds is 7. The molecule has 0 aromatic carbocycles. The Labute approximate surface area is 131 Å². The van der Waals surface area contributed by atoms with Gasteiger partial charge in [0.1, 0.15) is 0 Å². The highest BCUT2D eigenvalue weighted by atomic mass is 16.5. The maximum Gasteiger partial charge on any atom is 0.0547 e. The van der Waals surface area contributed by atoms with E-state index in [9.17, 15) is 0 Å². The van der Waals surface area contributed by atoms with E-state index in [2.05, 4.69) is 43.1 Å². The summed E-state index contributed by atoms with van der Waals surface area (Å²) in [4.78, 5) is 5.07. The summed E-state index contributed by atoms with van der Waals surface area (Å²) in [7, 11) is 4.43. The molecular weight excluding hydrogens is 262 g/mol. The SMILES string of the molecule is CC(C)CNCC1(CN2CCCC(N(C)C)C2)CCOC1. The van der Waals surface area contributed by atoms with Gasteiger partial charge in [-0.05, 0) is 52.4 Å². The summed E-state index contributed by atoms with van der Waals surface area (Å²) in [5.74, 6) is 0.720. The lowest BCUT2D eigenvalue weighted by Gasteiger charge is -2.41. The van der Waals surface area contributed by atoms with Crippen molar-refractivity contribution >= 4 is 0 Å². The van der Waals surface area contributed by atoms with Gasteiger partial charge in [-0.25, -0.2) is 0 Å². The molecule has 2 fully saturated rings. The van der Waals surface area contributed by atoms with Gasteiger partial charge in [-0.2, -0.15) is 0 Å². The van der Waals surface area contributed by atoms with E-state index in [0.29, 0.717) is 5.41 Å². The van der Waals surface area contributed by atoms with Crippen LogP contribution in [0.15, 0.2) is 0 Å². The van der Waals surface area contributed by atoms with Crippen molar-refractivity contribution in [2.45, 2.75) is 39.2 Å². The second kappa shape index (κ2) is 7.91. The number of nitrogens with one attached hydrogen (secondary N) is 1. The monoisotopic (exact) mass is 297 g/mol. The molecule has 0 bridgehead atoms. The van der Waals surface area contributed by atoms with E-state index in [1.165, 1.54) is 38.9 Å². The molecule has 0 radical (unpaired) electrons. The van der Waals surface area contributed by atoms with E-state index in [-0.39, 0.29) is 0 Å². The summed E-state index contributed by atoms with van der Waals surface area (Å²) < 4.78 is 5.76. The molecule has 21 heavy (non-hydrogen) atoms. The van der Waals surface area contributed by atoms with Gasteiger partial charge in [0.15, 0.2) is 0 Å². The molecule has 0 aromatic heterocycles. The smallest absolute Gasteiger partial charge is 0.0547 e. The van der Waals surface area contributed by atoms with Crippen LogP contribution < -0.4 is 5.32 Å². The van der Waals surface area contributed by atoms with Gasteiger partial charge in [0.2, 0.25) is 0 Å². The van der Waals surface area contributed by atoms with Crippen molar-refractivity contribution in [3.05, 3.63) is 0 Å². The molecule has 2 aliphatic heterocycles. The zero-order valence-electron chi connectivity index (χ0n) is 14.5. The van der Waals surface area contributed by atoms with E-state index >= 15 is 0 Å². The Morgan fingerprint density at radius 3 is 2.81 bits per heavy atom. The van der Waals surface area contributed by atoms with Crippen LogP contribution in [-0.4, -0.2) is 75.9 Å². The molecule has 1 N–H and O–H groups in total. The average Bonchev–Trinajstić information content (AvgIpc) is 2.87. The standard InChI is InChI=1S/C17H35N3O/c1-15(2)10-18-12-17(7-9-21-14-17)13-20-8-5-6-16(11-20)19(3)4/h15-16,18H,5-14H2,1-4H3. The fourth-order valence-corrected chi connectivity index (χ4v) is 3.67. The summed E-state index contributed by atoms with van der Waals surface area (Å²) >= 11 is 0. The van der Waals surface area contributed by atoms with Gasteiger partial charge in [0, 0.05) is 37.7 Å². The molecular formula is C17H35N3O. The fourth-order valence-electron chi connectivity index (χ4n) is 3.67. The zero-order valence-corrected chi connectivity index (χ0v) is 14.5. The second-order valence-electron chi connectivity index (χ2n) is 7.82. The molecule has 2 aliphatic rings. The Bertz CT molecular complexity index is 300. The van der Waals surface area contributed by atoms with Crippen LogP contribution in [0.1, 0.15) is 33.1 Å². The Hall–Kier alpha value is -0.160. The quantitative estimate of drug-likeness (QED) is 0.773. The molecule has 0 aliphatic carbocycles. The minimum atomic E-state index is 0.336. The molecule has 2 saturated heterocycles. The maximum atomic E-state index is 5.76. The summed E-state index contributed by atoms with van der Waals surface area (Å²) in [5, 5.41) is 3.67. The number of hydrogen-bond acceptors (Lipinski definition) is 4. The van der Waals surface area contributed by atoms with Crippen molar-refractivity contribution in [2.24, 2.45) is 11.3 Å². The molecule has 0 spiro atoms. The number of hydrogen-bond donors (Lipinski definition) is 1. The Morgan fingerprint density at radius 1 is 1.38 bits per heavy atom. The number of nitrogens with zero attached hydrogens (tertiary/aromatic N) is 2. The minimum Gasteiger partial charge on any atom is -0.381 e. The Kier molecular flexibility index (Phi) is 6.48. The van der Waals surface area contributed by atoms with Gasteiger partial charge < -0.3 is 19.9 Å². The summed E-state index contributed by atoms with van der Waals surface area (Å²) in [6, 6.07) is 0.724. The van der Waals surface area contributed by atoms with Crippen LogP contribution in [0.5, 0.6) is 0 Å². The van der Waals surface area contributed by atoms with Crippen molar-refractivity contribution in [2.75, 3.05) is 60.0 Å². The molecule has 2 heterocycles. The van der Waals surface area contributed by atoms with Crippen molar-refractivity contribution < 1.29 is 4.74 Å². The van der Waals surface area contributed by atoms with E-state index in [0.717, 1.165) is 38.3 Å². The molecule has 2 rings (SSSR count). The lowest BCUT2D eigenvalue weighted by Crippen LogP contribution is -2.51. The highest BCUT2D eigenvalue weighted by Crippen LogP contribution is 2.30. The van der Waals surface area contributed by atoms with E-state index in [1.54, 1.807) is 0 Å². The van der Waals surface area contributed by atoms with Crippen molar-refractivity contribution in [3.63, 3.8) is 0 Å². The molecule has 4 heteroatoms. The first-order valence-electron chi connectivity index (χ1n) is 8.68. The molecule has 124 valence electrons. The third-order valence-corrected chi connectivity index (χ3v) is 5.01. The normalized spacial score (nSPS) is 31.4. The highest BCUT2D eigenvalue weighted by Gasteiger charge is 2.37. The van der Waals surface area contributed by atoms with Crippen LogP contribution in [0.3, 0.4) is 0 Å². The number of likely N-dealkylation sites (N-methyl/N-ethyl adjacent to an activating group) is 1. The van der Waals surface area contributed by atoms with E-state index in [1.807, 2.05) is 0 Å². The molecule has 0 amide bonds. The summed E-state index contributed by atoms with van der Waals surface area (Å²) in [6.07, 6.45) is 3.89. The Morgan fingerprint density at radius 2 is 2.19 bits per heavy atom. The zero-order chi connectivity index (χ0) is 15.3. The van der Waals surface area contributed by atoms with Gasteiger partial charge in [0.25, 0.3) is 0 Å². The molecule has 4 nitrogen and oxygen atoms in total. The Balaban J connectivity index is 1.86. The third kappa shape index (κ3) is 5.20. The molecule has 2 unspecified atom stereocenters. The van der Waals surface area contributed by atoms with Crippen LogP contribution >= 0.6 is 0 Å². The van der Waals surface area contributed by atoms with Gasteiger partial charge in [-0.3, -0.25) is 0 Å². The minimum absolute atomic E-state index is 0.336. The van der Waals surface area contributed by atoms with Crippen molar-refractivity contribution in [1.82, 2.24) is 15.1 Å². The van der Waals surface area contributed by atoms with Gasteiger partial charge in [-0.15, -0.1) is 0 Å². The summed E-state index contributed by atoms with van der Waals surface area (Å²) in [5.41, 5.74) is 0.336. The van der Waals surface area contributed by atoms with Gasteiger partial charge >= 0.3 is 0 Å². The largest absolute Gasteiger partial charge is 0.381 e. The fraction of sp³-hybridized carbons (Fsp3) is 1.00. The third-order valence-electron chi connectivity index (χ3n) is 5.01. The maximum absolute atomic E-state index is 5.76. The number of ether oxygens (including phenoxy) is 1. The number of likely N-dealkylation sites (tertiary alicyclic amines) is 1. The molecule has 0 aromatic rings.